The zero-order chi connectivity index (χ0) is 9.97. The van der Waals surface area contributed by atoms with Gasteiger partial charge in [-0.1, -0.05) is 11.6 Å². The first-order chi connectivity index (χ1) is 6.75. The van der Waals surface area contributed by atoms with Gasteiger partial charge >= 0.3 is 0 Å². The molecule has 6 heteroatoms. The Morgan fingerprint density at radius 1 is 1.43 bits per heavy atom. The van der Waals surface area contributed by atoms with Crippen LogP contribution in [-0.2, 0) is 0 Å². The van der Waals surface area contributed by atoms with Gasteiger partial charge in [-0.3, -0.25) is 0 Å². The molecule has 1 aromatic heterocycles. The van der Waals surface area contributed by atoms with Crippen molar-refractivity contribution < 1.29 is 4.74 Å². The van der Waals surface area contributed by atoms with E-state index in [1.807, 2.05) is 0 Å². The Hall–Kier alpha value is -1.33. The predicted molar refractivity (Wildman–Crippen MR) is 55.8 cm³/mol. The molecule has 0 aliphatic carbocycles. The number of anilines is 1. The van der Waals surface area contributed by atoms with Crippen molar-refractivity contribution in [1.82, 2.24) is 9.36 Å². The Labute approximate surface area is 89.5 Å². The van der Waals surface area contributed by atoms with Crippen LogP contribution in [0.3, 0.4) is 0 Å². The molecule has 0 radical (unpaired) electrons. The monoisotopic (exact) mass is 227 g/mol. The number of aromatic nitrogens is 2. The highest BCUT2D eigenvalue weighted by molar-refractivity contribution is 7.07. The van der Waals surface area contributed by atoms with Crippen LogP contribution in [0.2, 0.25) is 5.02 Å². The molecule has 2 N–H and O–H groups in total. The third-order valence-electron chi connectivity index (χ3n) is 1.52. The summed E-state index contributed by atoms with van der Waals surface area (Å²) in [4.78, 5) is 3.87. The molecule has 0 saturated heterocycles. The van der Waals surface area contributed by atoms with Gasteiger partial charge in [0.05, 0.1) is 10.7 Å². The van der Waals surface area contributed by atoms with Gasteiger partial charge in [-0.2, -0.15) is 9.36 Å². The van der Waals surface area contributed by atoms with Crippen LogP contribution < -0.4 is 10.5 Å². The lowest BCUT2D eigenvalue weighted by Crippen LogP contribution is -1.87. The van der Waals surface area contributed by atoms with Gasteiger partial charge in [0, 0.05) is 17.6 Å². The van der Waals surface area contributed by atoms with Crippen LogP contribution in [0, 0.1) is 0 Å². The Balaban J connectivity index is 2.22. The molecule has 4 nitrogen and oxygen atoms in total. The molecule has 0 fully saturated rings. The van der Waals surface area contributed by atoms with E-state index in [4.69, 9.17) is 22.1 Å². The minimum absolute atomic E-state index is 0.465. The third-order valence-corrected chi connectivity index (χ3v) is 2.39. The van der Waals surface area contributed by atoms with E-state index in [0.717, 1.165) is 0 Å². The fraction of sp³-hybridized carbons (Fsp3) is 0. The maximum absolute atomic E-state index is 5.82. The van der Waals surface area contributed by atoms with Crippen molar-refractivity contribution in [3.63, 3.8) is 0 Å². The third kappa shape index (κ3) is 1.94. The van der Waals surface area contributed by atoms with Crippen LogP contribution in [0.15, 0.2) is 24.5 Å². The van der Waals surface area contributed by atoms with Gasteiger partial charge in [-0.05, 0) is 12.1 Å². The number of nitrogens with zero attached hydrogens (tertiary/aromatic N) is 2. The normalized spacial score (nSPS) is 10.1. The molecule has 14 heavy (non-hydrogen) atoms. The van der Waals surface area contributed by atoms with Crippen LogP contribution in [0.5, 0.6) is 10.9 Å². The van der Waals surface area contributed by atoms with Gasteiger partial charge in [0.1, 0.15) is 12.1 Å². The van der Waals surface area contributed by atoms with Crippen LogP contribution in [-0.4, -0.2) is 9.36 Å². The van der Waals surface area contributed by atoms with E-state index in [1.54, 1.807) is 18.2 Å². The molecule has 2 rings (SSSR count). The van der Waals surface area contributed by atoms with Crippen molar-refractivity contribution in [2.45, 2.75) is 0 Å². The number of ether oxygens (including phenoxy) is 1. The number of rotatable bonds is 2. The van der Waals surface area contributed by atoms with Gasteiger partial charge in [0.15, 0.2) is 0 Å². The Morgan fingerprint density at radius 2 is 2.29 bits per heavy atom. The molecule has 0 unspecified atom stereocenters. The smallest absolute Gasteiger partial charge is 0.298 e. The first-order valence-corrected chi connectivity index (χ1v) is 4.90. The summed E-state index contributed by atoms with van der Waals surface area (Å²) >= 11 is 6.99. The molecule has 0 amide bonds. The highest BCUT2D eigenvalue weighted by atomic mass is 35.5. The van der Waals surface area contributed by atoms with Crippen molar-refractivity contribution in [2.75, 3.05) is 5.73 Å². The minimum atomic E-state index is 0.465. The molecule has 1 aromatic carbocycles. The second-order valence-corrected chi connectivity index (χ2v) is 3.64. The van der Waals surface area contributed by atoms with Crippen molar-refractivity contribution in [1.29, 1.82) is 0 Å². The van der Waals surface area contributed by atoms with Crippen molar-refractivity contribution >= 4 is 28.8 Å². The largest absolute Gasteiger partial charge is 0.430 e. The summed E-state index contributed by atoms with van der Waals surface area (Å²) in [5.74, 6) is 0.598. The van der Waals surface area contributed by atoms with E-state index >= 15 is 0 Å². The standard InChI is InChI=1S/C8H6ClN3OS/c9-6-3-5(1-2-7(6)10)13-8-11-4-12-14-8/h1-4H,10H2. The molecule has 0 saturated carbocycles. The summed E-state index contributed by atoms with van der Waals surface area (Å²) in [5, 5.41) is 0.942. The van der Waals surface area contributed by atoms with Crippen molar-refractivity contribution in [3.05, 3.63) is 29.5 Å². The molecular weight excluding hydrogens is 222 g/mol. The SMILES string of the molecule is Nc1ccc(Oc2ncns2)cc1Cl. The molecule has 2 aromatic rings. The molecule has 72 valence electrons. The summed E-state index contributed by atoms with van der Waals surface area (Å²) in [6, 6.07) is 5.04. The number of hydrogen-bond donors (Lipinski definition) is 1. The highest BCUT2D eigenvalue weighted by Crippen LogP contribution is 2.27. The molecule has 0 bridgehead atoms. The number of halogens is 1. The lowest BCUT2D eigenvalue weighted by Gasteiger charge is -2.02. The molecule has 1 heterocycles. The number of benzene rings is 1. The average molecular weight is 228 g/mol. The summed E-state index contributed by atoms with van der Waals surface area (Å²) in [5.41, 5.74) is 6.07. The highest BCUT2D eigenvalue weighted by Gasteiger charge is 2.02. The Bertz CT molecular complexity index is 432. The van der Waals surface area contributed by atoms with E-state index in [1.165, 1.54) is 17.9 Å². The lowest BCUT2D eigenvalue weighted by molar-refractivity contribution is 0.479. The first-order valence-electron chi connectivity index (χ1n) is 3.75. The maximum atomic E-state index is 5.82. The van der Waals surface area contributed by atoms with E-state index in [2.05, 4.69) is 9.36 Å². The fourth-order valence-electron chi connectivity index (χ4n) is 0.880. The van der Waals surface area contributed by atoms with Crippen LogP contribution in [0.4, 0.5) is 5.69 Å². The lowest BCUT2D eigenvalue weighted by atomic mass is 10.3. The first kappa shape index (κ1) is 9.23. The van der Waals surface area contributed by atoms with Crippen molar-refractivity contribution in [2.24, 2.45) is 0 Å². The van der Waals surface area contributed by atoms with E-state index in [0.29, 0.717) is 21.7 Å². The van der Waals surface area contributed by atoms with Gasteiger partial charge in [0.2, 0.25) is 0 Å². The molecule has 0 aliphatic rings. The number of hydrogen-bond acceptors (Lipinski definition) is 5. The fourth-order valence-corrected chi connectivity index (χ4v) is 1.46. The average Bonchev–Trinajstić information content (AvgIpc) is 2.64. The maximum Gasteiger partial charge on any atom is 0.298 e. The molecular formula is C8H6ClN3OS. The Kier molecular flexibility index (Phi) is 2.51. The summed E-state index contributed by atoms with van der Waals surface area (Å²) in [6.45, 7) is 0. The summed E-state index contributed by atoms with van der Waals surface area (Å²) in [7, 11) is 0. The second-order valence-electron chi connectivity index (χ2n) is 2.49. The van der Waals surface area contributed by atoms with Crippen LogP contribution in [0.25, 0.3) is 0 Å². The van der Waals surface area contributed by atoms with Crippen LogP contribution in [0.1, 0.15) is 0 Å². The van der Waals surface area contributed by atoms with Crippen LogP contribution >= 0.6 is 23.1 Å². The predicted octanol–water partition coefficient (Wildman–Crippen LogP) is 2.57. The zero-order valence-electron chi connectivity index (χ0n) is 6.98. The topological polar surface area (TPSA) is 61.0 Å². The van der Waals surface area contributed by atoms with Gasteiger partial charge < -0.3 is 10.5 Å². The second kappa shape index (κ2) is 3.81. The number of nitrogen functional groups attached to an aromatic ring is 1. The minimum Gasteiger partial charge on any atom is -0.430 e. The Morgan fingerprint density at radius 3 is 2.93 bits per heavy atom. The van der Waals surface area contributed by atoms with Gasteiger partial charge in [-0.15, -0.1) is 0 Å². The molecule has 0 spiro atoms. The zero-order valence-corrected chi connectivity index (χ0v) is 8.55. The summed E-state index contributed by atoms with van der Waals surface area (Å²) < 4.78 is 9.17. The van der Waals surface area contributed by atoms with E-state index in [9.17, 15) is 0 Å². The quantitative estimate of drug-likeness (QED) is 0.801. The van der Waals surface area contributed by atoms with Crippen molar-refractivity contribution in [3.8, 4) is 10.9 Å². The number of nitrogens with two attached hydrogens (primary N) is 1. The summed E-state index contributed by atoms with van der Waals surface area (Å²) in [6.07, 6.45) is 1.43. The van der Waals surface area contributed by atoms with E-state index < -0.39 is 0 Å². The molecule has 0 atom stereocenters. The van der Waals surface area contributed by atoms with Gasteiger partial charge in [0.25, 0.3) is 5.19 Å². The molecule has 0 aliphatic heterocycles. The van der Waals surface area contributed by atoms with E-state index in [-0.39, 0.29) is 0 Å². The van der Waals surface area contributed by atoms with Gasteiger partial charge in [-0.25, -0.2) is 0 Å².